The van der Waals surface area contributed by atoms with Crippen molar-refractivity contribution in [3.63, 3.8) is 0 Å². The predicted molar refractivity (Wildman–Crippen MR) is 278 cm³/mol. The van der Waals surface area contributed by atoms with Crippen molar-refractivity contribution in [1.82, 2.24) is 0 Å². The van der Waals surface area contributed by atoms with Crippen molar-refractivity contribution < 1.29 is 98.0 Å². The van der Waals surface area contributed by atoms with Crippen LogP contribution in [0.5, 0.6) is 0 Å². The first-order valence-electron chi connectivity index (χ1n) is 23.3. The van der Waals surface area contributed by atoms with Crippen LogP contribution in [0.3, 0.4) is 0 Å². The summed E-state index contributed by atoms with van der Waals surface area (Å²) < 4.78 is 2.39. The van der Waals surface area contributed by atoms with Gasteiger partial charge in [-0.1, -0.05) is 0 Å². The molecule has 1 aliphatic carbocycles. The van der Waals surface area contributed by atoms with Crippen molar-refractivity contribution in [3.05, 3.63) is 277 Å². The van der Waals surface area contributed by atoms with Gasteiger partial charge in [-0.25, -0.2) is 0 Å². The van der Waals surface area contributed by atoms with E-state index in [9.17, 15) is 0 Å². The summed E-state index contributed by atoms with van der Waals surface area (Å²) in [4.78, 5) is 0. The second kappa shape index (κ2) is 23.6. The Morgan fingerprint density at radius 3 is 0.708 bits per heavy atom. The Morgan fingerprint density at radius 2 is 0.444 bits per heavy atom. The quantitative estimate of drug-likeness (QED) is 0.133. The van der Waals surface area contributed by atoms with Crippen molar-refractivity contribution in [1.29, 1.82) is 0 Å². The van der Waals surface area contributed by atoms with Crippen LogP contribution in [0, 0.1) is 12.1 Å². The first kappa shape index (κ1) is 50.8. The van der Waals surface area contributed by atoms with Gasteiger partial charge in [-0.2, -0.15) is 0 Å². The normalized spacial score (nSPS) is 11.3. The van der Waals surface area contributed by atoms with Crippen LogP contribution in [0.25, 0.3) is 99.8 Å². The summed E-state index contributed by atoms with van der Waals surface area (Å²) in [5.74, 6) is 0. The second-order valence-electron chi connectivity index (χ2n) is 17.1. The fraction of sp³-hybridized carbons (Fsp3) is 0. The molecule has 0 amide bonds. The molecule has 0 aromatic heterocycles. The van der Waals surface area contributed by atoms with E-state index in [1.807, 2.05) is 0 Å². The minimum absolute atomic E-state index is 1.05. The van der Waals surface area contributed by atoms with Gasteiger partial charge >= 0.3 is 483 Å². The average Bonchev–Trinajstić information content (AvgIpc) is 3.47. The maximum absolute atomic E-state index is 4.30. The molecule has 11 aromatic carbocycles. The molecule has 0 nitrogen and oxygen atoms in total. The SMILES string of the molecule is [V]=[C]1c2[c-]c3c(-c4ccccc4)c(-c4ccccc4)c(-c4ccccc4)c(-c4ccccc4)c3[c-]c2[C](=[W])c2c1c(-c1ccccc1)c(-c1ccccc1)c(-c1ccccc1)c2-c1ccccc1.[V]=[V].[W]=[W]. The topological polar surface area (TPSA) is 0 Å². The van der Waals surface area contributed by atoms with Gasteiger partial charge in [0.1, 0.15) is 0 Å². The second-order valence-corrected chi connectivity index (χ2v) is 19.3. The summed E-state index contributed by atoms with van der Waals surface area (Å²) in [6, 6.07) is 96.5. The van der Waals surface area contributed by atoms with Gasteiger partial charge in [0.25, 0.3) is 0 Å². The van der Waals surface area contributed by atoms with Crippen LogP contribution >= 0.6 is 0 Å². The molecule has 0 N–H and O–H groups in total. The van der Waals surface area contributed by atoms with E-state index in [4.69, 9.17) is 0 Å². The zero-order valence-electron chi connectivity index (χ0n) is 38.7. The molecule has 0 saturated carbocycles. The molecule has 0 fully saturated rings. The van der Waals surface area contributed by atoms with E-state index in [0.29, 0.717) is 0 Å². The zero-order valence-corrected chi connectivity index (χ0v) is 51.7. The van der Waals surface area contributed by atoms with Crippen LogP contribution < -0.4 is 0 Å². The van der Waals surface area contributed by atoms with Gasteiger partial charge in [0.2, 0.25) is 0 Å². The van der Waals surface area contributed by atoms with Crippen molar-refractivity contribution in [2.24, 2.45) is 0 Å². The molecule has 0 atom stereocenters. The number of hydrogen-bond donors (Lipinski definition) is 0. The predicted octanol–water partition coefficient (Wildman–Crippen LogP) is 16.3. The molecular weight excluding hydrogens is 1500 g/mol. The summed E-state index contributed by atoms with van der Waals surface area (Å²) in [7, 11) is 0. The molecule has 0 spiro atoms. The summed E-state index contributed by atoms with van der Waals surface area (Å²) in [6.45, 7) is 0. The average molecular weight is 1540 g/mol. The Hall–Kier alpha value is -4.76. The van der Waals surface area contributed by atoms with Crippen LogP contribution in [0.4, 0.5) is 0 Å². The van der Waals surface area contributed by atoms with Crippen LogP contribution in [0.2, 0.25) is 0 Å². The first-order valence-corrected chi connectivity index (χ1v) is 39.7. The van der Waals surface area contributed by atoms with Gasteiger partial charge < -0.3 is 0 Å². The van der Waals surface area contributed by atoms with Gasteiger partial charge in [-0.05, 0) is 0 Å². The van der Waals surface area contributed by atoms with Crippen LogP contribution in [0.15, 0.2) is 243 Å². The van der Waals surface area contributed by atoms with Gasteiger partial charge in [0.05, 0.1) is 0 Å². The Morgan fingerprint density at radius 1 is 0.250 bits per heavy atom. The standard InChI is InChI=1S/C66H40.3V.3W/c1-9-25-45(26-10-1)59-55-41-53-43-57-58(44-54(53)42-56(55)60(46-27-11-2-12-28-46)64(50-35-19-6-20-36-50)63(59)49-33-17-5-18-34-49)62(48-31-15-4-16-32-48)66(52-39-23-8-24-40-52)65(51-37-21-7-22-38-51)61(57)47-29-13-3-14-30-47;;;;;;/h1-40H;;;;;;/q-2;;;;;;. The van der Waals surface area contributed by atoms with E-state index in [-0.39, 0.29) is 0 Å². The molecule has 0 bridgehead atoms. The summed E-state index contributed by atoms with van der Waals surface area (Å²) in [5, 5.41) is 2.11. The van der Waals surface area contributed by atoms with E-state index >= 15 is 0 Å². The van der Waals surface area contributed by atoms with Crippen molar-refractivity contribution in [2.75, 3.05) is 0 Å². The third-order valence-electron chi connectivity index (χ3n) is 13.2. The third kappa shape index (κ3) is 9.63. The molecule has 0 heterocycles. The van der Waals surface area contributed by atoms with Gasteiger partial charge in [-0.15, -0.1) is 0 Å². The Balaban J connectivity index is 0.00000146. The number of benzene rings is 11. The first-order chi connectivity index (χ1) is 35.7. The summed E-state index contributed by atoms with van der Waals surface area (Å²) in [6.07, 6.45) is 0. The molecule has 0 unspecified atom stereocenters. The van der Waals surface area contributed by atoms with Crippen LogP contribution in [-0.4, -0.2) is 8.12 Å². The van der Waals surface area contributed by atoms with E-state index in [0.717, 1.165) is 59.5 Å². The Kier molecular flexibility index (Phi) is 16.7. The van der Waals surface area contributed by atoms with Gasteiger partial charge in [0.15, 0.2) is 0 Å². The van der Waals surface area contributed by atoms with Crippen molar-refractivity contribution in [3.8, 4) is 89.0 Å². The molecule has 6 heteroatoms. The van der Waals surface area contributed by atoms with Crippen LogP contribution in [0.1, 0.15) is 22.3 Å². The minimum atomic E-state index is 1.05. The van der Waals surface area contributed by atoms with E-state index < -0.39 is 0 Å². The molecule has 0 saturated heterocycles. The van der Waals surface area contributed by atoms with Crippen LogP contribution in [-0.2, 0) is 98.0 Å². The van der Waals surface area contributed by atoms with Gasteiger partial charge in [0, 0.05) is 0 Å². The Labute approximate surface area is 477 Å². The van der Waals surface area contributed by atoms with E-state index in [2.05, 4.69) is 301 Å². The van der Waals surface area contributed by atoms with E-state index in [1.165, 1.54) is 90.0 Å². The fourth-order valence-electron chi connectivity index (χ4n) is 10.3. The fourth-order valence-corrected chi connectivity index (χ4v) is 12.2. The summed E-state index contributed by atoms with van der Waals surface area (Å²) in [5.41, 5.74) is 23.5. The molecule has 1 aliphatic rings. The number of rotatable bonds is 8. The molecule has 12 rings (SSSR count). The van der Waals surface area contributed by atoms with E-state index in [1.54, 1.807) is 32.4 Å². The monoisotopic (exact) mass is 1540 g/mol. The zero-order chi connectivity index (χ0) is 49.6. The van der Waals surface area contributed by atoms with Gasteiger partial charge in [-0.3, -0.25) is 0 Å². The number of fused-ring (bicyclic) bond motifs is 3. The third-order valence-corrected chi connectivity index (χ3v) is 15.3. The summed E-state index contributed by atoms with van der Waals surface area (Å²) >= 11 is 12.3. The molecular formula is C66H40V3W3-2. The molecule has 0 aliphatic heterocycles. The molecule has 339 valence electrons. The maximum atomic E-state index is 4.30. The Bertz CT molecular complexity index is 3490. The molecule has 11 aromatic rings. The molecule has 72 heavy (non-hydrogen) atoms. The van der Waals surface area contributed by atoms with Crippen molar-refractivity contribution in [2.45, 2.75) is 0 Å². The number of hydrogen-bond acceptors (Lipinski definition) is 0. The molecule has 0 radical (unpaired) electrons. The van der Waals surface area contributed by atoms with Crippen molar-refractivity contribution >= 4 is 18.9 Å².